The highest BCUT2D eigenvalue weighted by Crippen LogP contribution is 2.44. The van der Waals surface area contributed by atoms with Gasteiger partial charge < -0.3 is 25.6 Å². The number of aliphatic hydroxyl groups is 1. The fourth-order valence-corrected chi connectivity index (χ4v) is 4.40. The first kappa shape index (κ1) is 24.6. The Morgan fingerprint density at radius 1 is 1.03 bits per heavy atom. The molecule has 0 aromatic heterocycles. The van der Waals surface area contributed by atoms with E-state index in [2.05, 4.69) is 10.6 Å². The summed E-state index contributed by atoms with van der Waals surface area (Å²) < 4.78 is 5.50. The first-order valence-electron chi connectivity index (χ1n) is 10.6. The van der Waals surface area contributed by atoms with Gasteiger partial charge in [0.25, 0.3) is 0 Å². The lowest BCUT2D eigenvalue weighted by Gasteiger charge is -2.23. The number of fused-ring (bicyclic) bond motifs is 3. The van der Waals surface area contributed by atoms with Crippen LogP contribution in [0.5, 0.6) is 0 Å². The number of hydrogen-bond donors (Lipinski definition) is 4. The van der Waals surface area contributed by atoms with Gasteiger partial charge in [-0.1, -0.05) is 48.5 Å². The number of thioether (sulfide) groups is 1. The van der Waals surface area contributed by atoms with Gasteiger partial charge in [0.1, 0.15) is 12.6 Å². The van der Waals surface area contributed by atoms with Gasteiger partial charge >= 0.3 is 12.1 Å². The van der Waals surface area contributed by atoms with Crippen molar-refractivity contribution >= 4 is 29.7 Å². The number of carboxylic acid groups (broad SMARTS) is 1. The lowest BCUT2D eigenvalue weighted by molar-refractivity contribution is -0.145. The monoisotopic (exact) mass is 472 g/mol. The molecule has 0 saturated heterocycles. The Bertz CT molecular complexity index is 966. The third kappa shape index (κ3) is 5.85. The van der Waals surface area contributed by atoms with E-state index in [4.69, 9.17) is 4.74 Å². The molecule has 2 aromatic rings. The molecule has 3 atom stereocenters. The molecule has 3 rings (SSSR count). The number of carbonyl (C=O) groups is 3. The molecule has 8 nitrogen and oxygen atoms in total. The van der Waals surface area contributed by atoms with E-state index < -0.39 is 36.2 Å². The molecular weight excluding hydrogens is 444 g/mol. The Kier molecular flexibility index (Phi) is 8.35. The van der Waals surface area contributed by atoms with Crippen LogP contribution in [-0.2, 0) is 14.3 Å². The Morgan fingerprint density at radius 3 is 2.12 bits per heavy atom. The minimum atomic E-state index is -1.47. The summed E-state index contributed by atoms with van der Waals surface area (Å²) in [5.41, 5.74) is 4.36. The standard InChI is InChI=1S/C24H28N2O6S/c1-14(27)21(23(29)30)26-22(28)20(11-12-33-2)25-24(31)32-13-19-17-9-5-3-7-15(17)16-8-4-6-10-18(16)19/h3-10,14,19-21,27H,11-13H2,1-2H3,(H,25,31)(H,26,28)(H,29,30)/t14-,20-,21+/m1/s1. The number of aliphatic hydroxyl groups excluding tert-OH is 1. The van der Waals surface area contributed by atoms with Crippen LogP contribution in [0.25, 0.3) is 11.1 Å². The van der Waals surface area contributed by atoms with Crippen LogP contribution in [0.4, 0.5) is 4.79 Å². The summed E-state index contributed by atoms with van der Waals surface area (Å²) in [7, 11) is 0. The zero-order valence-corrected chi connectivity index (χ0v) is 19.3. The number of benzene rings is 2. The Morgan fingerprint density at radius 2 is 1.61 bits per heavy atom. The zero-order chi connectivity index (χ0) is 24.0. The van der Waals surface area contributed by atoms with Crippen molar-refractivity contribution in [1.29, 1.82) is 0 Å². The van der Waals surface area contributed by atoms with E-state index in [0.29, 0.717) is 5.75 Å². The van der Waals surface area contributed by atoms with E-state index in [0.717, 1.165) is 22.3 Å². The van der Waals surface area contributed by atoms with Gasteiger partial charge in [-0.15, -0.1) is 0 Å². The molecule has 0 bridgehead atoms. The summed E-state index contributed by atoms with van der Waals surface area (Å²) in [6.45, 7) is 1.37. The van der Waals surface area contributed by atoms with Crippen LogP contribution in [0.2, 0.25) is 0 Å². The first-order chi connectivity index (χ1) is 15.8. The predicted molar refractivity (Wildman–Crippen MR) is 126 cm³/mol. The number of carboxylic acids is 1. The third-order valence-electron chi connectivity index (χ3n) is 5.61. The van der Waals surface area contributed by atoms with E-state index in [9.17, 15) is 24.6 Å². The molecule has 176 valence electrons. The quantitative estimate of drug-likeness (QED) is 0.419. The molecule has 33 heavy (non-hydrogen) atoms. The highest BCUT2D eigenvalue weighted by molar-refractivity contribution is 7.98. The molecule has 0 radical (unpaired) electrons. The van der Waals surface area contributed by atoms with Crippen LogP contribution in [0.1, 0.15) is 30.4 Å². The fourth-order valence-electron chi connectivity index (χ4n) is 3.93. The molecule has 1 aliphatic carbocycles. The number of carbonyl (C=O) groups excluding carboxylic acids is 2. The number of aliphatic carboxylic acids is 1. The van der Waals surface area contributed by atoms with Crippen LogP contribution in [0.3, 0.4) is 0 Å². The van der Waals surface area contributed by atoms with Crippen molar-refractivity contribution < 1.29 is 29.3 Å². The predicted octanol–water partition coefficient (Wildman–Crippen LogP) is 2.60. The molecule has 2 aromatic carbocycles. The number of rotatable bonds is 10. The van der Waals surface area contributed by atoms with E-state index >= 15 is 0 Å². The smallest absolute Gasteiger partial charge is 0.407 e. The summed E-state index contributed by atoms with van der Waals surface area (Å²) in [4.78, 5) is 36.5. The largest absolute Gasteiger partial charge is 0.480 e. The van der Waals surface area contributed by atoms with Gasteiger partial charge in [-0.25, -0.2) is 9.59 Å². The average molecular weight is 473 g/mol. The van der Waals surface area contributed by atoms with Gasteiger partial charge in [0.05, 0.1) is 6.10 Å². The SMILES string of the molecule is CSCC[C@@H](NC(=O)OCC1c2ccccc2-c2ccccc21)C(=O)N[C@H](C(=O)O)[C@@H](C)O. The number of alkyl carbamates (subject to hydrolysis) is 1. The number of hydrogen-bond acceptors (Lipinski definition) is 6. The van der Waals surface area contributed by atoms with Crippen molar-refractivity contribution in [3.05, 3.63) is 59.7 Å². The molecule has 0 spiro atoms. The van der Waals surface area contributed by atoms with Crippen LogP contribution >= 0.6 is 11.8 Å². The second kappa shape index (κ2) is 11.2. The van der Waals surface area contributed by atoms with E-state index in [1.165, 1.54) is 18.7 Å². The number of ether oxygens (including phenoxy) is 1. The Labute approximate surface area is 196 Å². The summed E-state index contributed by atoms with van der Waals surface area (Å²) in [5, 5.41) is 23.7. The van der Waals surface area contributed by atoms with E-state index in [1.54, 1.807) is 0 Å². The summed E-state index contributed by atoms with van der Waals surface area (Å²) >= 11 is 1.49. The van der Waals surface area contributed by atoms with Gasteiger partial charge in [-0.05, 0) is 47.6 Å². The number of nitrogens with one attached hydrogen (secondary N) is 2. The molecule has 0 fully saturated rings. The molecule has 0 heterocycles. The first-order valence-corrected chi connectivity index (χ1v) is 12.0. The molecule has 0 unspecified atom stereocenters. The molecule has 0 aliphatic heterocycles. The molecule has 4 N–H and O–H groups in total. The van der Waals surface area contributed by atoms with Crippen LogP contribution < -0.4 is 10.6 Å². The van der Waals surface area contributed by atoms with E-state index in [-0.39, 0.29) is 18.9 Å². The highest BCUT2D eigenvalue weighted by Gasteiger charge is 2.31. The van der Waals surface area contributed by atoms with Gasteiger partial charge in [-0.2, -0.15) is 11.8 Å². The maximum absolute atomic E-state index is 12.6. The highest BCUT2D eigenvalue weighted by atomic mass is 32.2. The minimum absolute atomic E-state index is 0.0994. The number of amides is 2. The molecule has 1 aliphatic rings. The second-order valence-corrected chi connectivity index (χ2v) is 8.85. The average Bonchev–Trinajstić information content (AvgIpc) is 3.12. The van der Waals surface area contributed by atoms with Crippen LogP contribution in [0, 0.1) is 0 Å². The van der Waals surface area contributed by atoms with Gasteiger partial charge in [-0.3, -0.25) is 4.79 Å². The van der Waals surface area contributed by atoms with Crippen LogP contribution in [0.15, 0.2) is 48.5 Å². The van der Waals surface area contributed by atoms with Crippen LogP contribution in [-0.4, -0.2) is 65.0 Å². The normalized spacial score (nSPS) is 15.0. The Balaban J connectivity index is 1.66. The fraction of sp³-hybridized carbons (Fsp3) is 0.375. The van der Waals surface area contributed by atoms with Gasteiger partial charge in [0, 0.05) is 5.92 Å². The van der Waals surface area contributed by atoms with Crippen molar-refractivity contribution in [3.63, 3.8) is 0 Å². The maximum atomic E-state index is 12.6. The molecular formula is C24H28N2O6S. The second-order valence-electron chi connectivity index (χ2n) is 7.87. The summed E-state index contributed by atoms with van der Waals surface area (Å²) in [6.07, 6.45) is 0.0886. The topological polar surface area (TPSA) is 125 Å². The van der Waals surface area contributed by atoms with E-state index in [1.807, 2.05) is 54.8 Å². The van der Waals surface area contributed by atoms with Crippen molar-refractivity contribution in [2.45, 2.75) is 37.5 Å². The van der Waals surface area contributed by atoms with Crippen molar-refractivity contribution in [1.82, 2.24) is 10.6 Å². The van der Waals surface area contributed by atoms with Gasteiger partial charge in [0.15, 0.2) is 6.04 Å². The Hall–Kier alpha value is -3.04. The zero-order valence-electron chi connectivity index (χ0n) is 18.5. The van der Waals surface area contributed by atoms with Crippen molar-refractivity contribution in [2.24, 2.45) is 0 Å². The maximum Gasteiger partial charge on any atom is 0.407 e. The van der Waals surface area contributed by atoms with Crippen molar-refractivity contribution in [2.75, 3.05) is 18.6 Å². The minimum Gasteiger partial charge on any atom is -0.480 e. The molecule has 2 amide bonds. The molecule has 0 saturated carbocycles. The summed E-state index contributed by atoms with van der Waals surface area (Å²) in [5.74, 6) is -1.60. The summed E-state index contributed by atoms with van der Waals surface area (Å²) in [6, 6.07) is 13.5. The van der Waals surface area contributed by atoms with Gasteiger partial charge in [0.2, 0.25) is 5.91 Å². The lowest BCUT2D eigenvalue weighted by atomic mass is 9.98. The molecule has 9 heteroatoms. The third-order valence-corrected chi connectivity index (χ3v) is 6.25. The van der Waals surface area contributed by atoms with Crippen molar-refractivity contribution in [3.8, 4) is 11.1 Å². The lowest BCUT2D eigenvalue weighted by Crippen LogP contribution is -2.55.